The zero-order chi connectivity index (χ0) is 14.8. The van der Waals surface area contributed by atoms with Crippen LogP contribution >= 0.6 is 0 Å². The van der Waals surface area contributed by atoms with Gasteiger partial charge in [-0.15, -0.1) is 0 Å². The monoisotopic (exact) mass is 263 g/mol. The van der Waals surface area contributed by atoms with E-state index in [1.54, 1.807) is 0 Å². The van der Waals surface area contributed by atoms with Crippen molar-refractivity contribution >= 4 is 5.91 Å². The molecule has 0 aromatic heterocycles. The molecule has 1 amide bonds. The fourth-order valence-electron chi connectivity index (χ4n) is 2.12. The number of hydrogen-bond donors (Lipinski definition) is 2. The van der Waals surface area contributed by atoms with Crippen molar-refractivity contribution in [3.8, 4) is 0 Å². The molecule has 0 spiro atoms. The summed E-state index contributed by atoms with van der Waals surface area (Å²) in [5.41, 5.74) is 3.58. The van der Waals surface area contributed by atoms with Gasteiger partial charge in [0.25, 0.3) is 5.91 Å². The van der Waals surface area contributed by atoms with E-state index in [9.17, 15) is 9.90 Å². The molecule has 0 radical (unpaired) electrons. The van der Waals surface area contributed by atoms with E-state index in [0.717, 1.165) is 16.7 Å². The van der Waals surface area contributed by atoms with Crippen molar-refractivity contribution in [1.29, 1.82) is 0 Å². The molecule has 1 rings (SSSR count). The van der Waals surface area contributed by atoms with E-state index < -0.39 is 6.10 Å². The quantitative estimate of drug-likeness (QED) is 0.881. The van der Waals surface area contributed by atoms with Gasteiger partial charge in [-0.1, -0.05) is 38.5 Å². The summed E-state index contributed by atoms with van der Waals surface area (Å²) in [7, 11) is 0. The number of carbonyl (C=O) groups is 1. The Bertz CT molecular complexity index is 449. The van der Waals surface area contributed by atoms with Gasteiger partial charge in [-0.05, 0) is 37.3 Å². The molecule has 106 valence electrons. The number of benzene rings is 1. The smallest absolute Gasteiger partial charge is 0.251 e. The molecule has 3 heteroatoms. The third-order valence-electron chi connectivity index (χ3n) is 3.36. The Morgan fingerprint density at radius 3 is 2.11 bits per heavy atom. The topological polar surface area (TPSA) is 49.3 Å². The average molecular weight is 263 g/mol. The number of aliphatic hydroxyl groups is 1. The Labute approximate surface area is 116 Å². The maximum Gasteiger partial charge on any atom is 0.251 e. The number of aryl methyl sites for hydroxylation is 3. The molecule has 0 saturated heterocycles. The lowest BCUT2D eigenvalue weighted by Gasteiger charge is -2.26. The Balaban J connectivity index is 2.80. The molecule has 1 aromatic carbocycles. The van der Waals surface area contributed by atoms with Gasteiger partial charge in [0, 0.05) is 12.1 Å². The molecular formula is C16H25NO2. The van der Waals surface area contributed by atoms with E-state index in [1.807, 2.05) is 53.7 Å². The molecule has 0 saturated carbocycles. The molecule has 1 aromatic rings. The van der Waals surface area contributed by atoms with E-state index in [0.29, 0.717) is 5.56 Å². The van der Waals surface area contributed by atoms with E-state index >= 15 is 0 Å². The third-order valence-corrected chi connectivity index (χ3v) is 3.36. The third kappa shape index (κ3) is 4.06. The first kappa shape index (κ1) is 15.7. The van der Waals surface area contributed by atoms with Crippen LogP contribution in [-0.4, -0.2) is 23.7 Å². The predicted octanol–water partition coefficient (Wildman–Crippen LogP) is 2.75. The normalized spacial score (nSPS) is 13.2. The highest BCUT2D eigenvalue weighted by Crippen LogP contribution is 2.19. The van der Waals surface area contributed by atoms with Crippen molar-refractivity contribution in [2.45, 2.75) is 47.6 Å². The maximum absolute atomic E-state index is 12.2. The van der Waals surface area contributed by atoms with Crippen LogP contribution in [0.3, 0.4) is 0 Å². The van der Waals surface area contributed by atoms with Gasteiger partial charge in [0.1, 0.15) is 0 Å². The first-order valence-corrected chi connectivity index (χ1v) is 6.67. The predicted molar refractivity (Wildman–Crippen MR) is 78.4 cm³/mol. The van der Waals surface area contributed by atoms with Crippen LogP contribution in [0.2, 0.25) is 0 Å². The molecule has 1 atom stereocenters. The standard InChI is InChI=1S/C16H25NO2/c1-10-7-11(2)14(12(3)8-10)15(19)17-9-13(18)16(4,5)6/h7-8,13,18H,9H2,1-6H3,(H,17,19). The summed E-state index contributed by atoms with van der Waals surface area (Å²) < 4.78 is 0. The van der Waals surface area contributed by atoms with E-state index in [4.69, 9.17) is 0 Å². The molecule has 1 unspecified atom stereocenters. The Kier molecular flexibility index (Phi) is 4.75. The lowest BCUT2D eigenvalue weighted by Crippen LogP contribution is -2.39. The van der Waals surface area contributed by atoms with Gasteiger partial charge in [0.15, 0.2) is 0 Å². The fraction of sp³-hybridized carbons (Fsp3) is 0.562. The minimum atomic E-state index is -0.553. The van der Waals surface area contributed by atoms with Crippen LogP contribution in [0.25, 0.3) is 0 Å². The van der Waals surface area contributed by atoms with Crippen molar-refractivity contribution in [2.24, 2.45) is 5.41 Å². The number of rotatable bonds is 3. The summed E-state index contributed by atoms with van der Waals surface area (Å²) in [4.78, 5) is 12.2. The Morgan fingerprint density at radius 2 is 1.68 bits per heavy atom. The lowest BCUT2D eigenvalue weighted by molar-refractivity contribution is 0.0586. The van der Waals surface area contributed by atoms with Gasteiger partial charge in [0.05, 0.1) is 6.10 Å². The number of carbonyl (C=O) groups excluding carboxylic acids is 1. The molecule has 2 N–H and O–H groups in total. The van der Waals surface area contributed by atoms with Crippen LogP contribution in [0.5, 0.6) is 0 Å². The van der Waals surface area contributed by atoms with E-state index in [2.05, 4.69) is 5.32 Å². The van der Waals surface area contributed by atoms with Crippen molar-refractivity contribution < 1.29 is 9.90 Å². The average Bonchev–Trinajstić information content (AvgIpc) is 2.22. The minimum absolute atomic E-state index is 0.113. The fourth-order valence-corrected chi connectivity index (χ4v) is 2.12. The van der Waals surface area contributed by atoms with Crippen LogP contribution < -0.4 is 5.32 Å². The highest BCUT2D eigenvalue weighted by Gasteiger charge is 2.23. The molecular weight excluding hydrogens is 238 g/mol. The molecule has 0 aliphatic carbocycles. The van der Waals surface area contributed by atoms with Crippen molar-refractivity contribution in [2.75, 3.05) is 6.54 Å². The van der Waals surface area contributed by atoms with Crippen molar-refractivity contribution in [3.63, 3.8) is 0 Å². The molecule has 0 heterocycles. The number of amides is 1. The summed E-state index contributed by atoms with van der Waals surface area (Å²) in [6.45, 7) is 12.0. The first-order chi connectivity index (χ1) is 8.62. The van der Waals surface area contributed by atoms with Crippen LogP contribution in [0, 0.1) is 26.2 Å². The zero-order valence-corrected chi connectivity index (χ0v) is 12.8. The summed E-state index contributed by atoms with van der Waals surface area (Å²) in [5, 5.41) is 12.8. The summed E-state index contributed by atoms with van der Waals surface area (Å²) in [5.74, 6) is -0.113. The van der Waals surface area contributed by atoms with E-state index in [-0.39, 0.29) is 17.9 Å². The first-order valence-electron chi connectivity index (χ1n) is 6.67. The summed E-state index contributed by atoms with van der Waals surface area (Å²) in [6.07, 6.45) is -0.553. The van der Waals surface area contributed by atoms with Crippen LogP contribution in [0.4, 0.5) is 0 Å². The number of aliphatic hydroxyl groups excluding tert-OH is 1. The highest BCUT2D eigenvalue weighted by molar-refractivity contribution is 5.97. The molecule has 19 heavy (non-hydrogen) atoms. The van der Waals surface area contributed by atoms with E-state index in [1.165, 1.54) is 0 Å². The summed E-state index contributed by atoms with van der Waals surface area (Å²) in [6, 6.07) is 4.00. The van der Waals surface area contributed by atoms with Gasteiger partial charge in [-0.25, -0.2) is 0 Å². The van der Waals surface area contributed by atoms with Gasteiger partial charge in [-0.3, -0.25) is 4.79 Å². The summed E-state index contributed by atoms with van der Waals surface area (Å²) >= 11 is 0. The largest absolute Gasteiger partial charge is 0.391 e. The second-order valence-corrected chi connectivity index (χ2v) is 6.37. The molecule has 0 aliphatic heterocycles. The highest BCUT2D eigenvalue weighted by atomic mass is 16.3. The van der Waals surface area contributed by atoms with Gasteiger partial charge in [0.2, 0.25) is 0 Å². The van der Waals surface area contributed by atoms with Crippen LogP contribution in [0.15, 0.2) is 12.1 Å². The van der Waals surface area contributed by atoms with Gasteiger partial charge >= 0.3 is 0 Å². The minimum Gasteiger partial charge on any atom is -0.391 e. The molecule has 0 aliphatic rings. The zero-order valence-electron chi connectivity index (χ0n) is 12.8. The maximum atomic E-state index is 12.2. The van der Waals surface area contributed by atoms with Gasteiger partial charge in [-0.2, -0.15) is 0 Å². The van der Waals surface area contributed by atoms with Crippen molar-refractivity contribution in [3.05, 3.63) is 34.4 Å². The second-order valence-electron chi connectivity index (χ2n) is 6.37. The van der Waals surface area contributed by atoms with Crippen LogP contribution in [0.1, 0.15) is 47.8 Å². The Hall–Kier alpha value is -1.35. The van der Waals surface area contributed by atoms with Crippen LogP contribution in [-0.2, 0) is 0 Å². The Morgan fingerprint density at radius 1 is 1.21 bits per heavy atom. The lowest BCUT2D eigenvalue weighted by atomic mass is 9.89. The molecule has 3 nitrogen and oxygen atoms in total. The second kappa shape index (κ2) is 5.74. The number of hydrogen-bond acceptors (Lipinski definition) is 2. The SMILES string of the molecule is Cc1cc(C)c(C(=O)NCC(O)C(C)(C)C)c(C)c1. The number of nitrogens with one attached hydrogen (secondary N) is 1. The molecule has 0 bridgehead atoms. The van der Waals surface area contributed by atoms with Gasteiger partial charge < -0.3 is 10.4 Å². The van der Waals surface area contributed by atoms with Crippen molar-refractivity contribution in [1.82, 2.24) is 5.32 Å². The molecule has 0 fully saturated rings.